The molecule has 0 aliphatic heterocycles. The zero-order valence-electron chi connectivity index (χ0n) is 35.0. The molecule has 2 amide bonds. The fraction of sp³-hybridized carbons (Fsp3) is 0.409. The van der Waals surface area contributed by atoms with Crippen molar-refractivity contribution >= 4 is 40.7 Å². The molecule has 18 nitrogen and oxygen atoms in total. The summed E-state index contributed by atoms with van der Waals surface area (Å²) in [5.41, 5.74) is -1.44. The summed E-state index contributed by atoms with van der Waals surface area (Å²) in [5, 5.41) is 84.2. The first-order valence-electron chi connectivity index (χ1n) is 20.2. The molecule has 0 saturated heterocycles. The summed E-state index contributed by atoms with van der Waals surface area (Å²) in [5.74, 6) is -26.9. The van der Waals surface area contributed by atoms with E-state index in [1.165, 1.54) is 40.1 Å². The summed E-state index contributed by atoms with van der Waals surface area (Å²) in [6, 6.07) is 1.18. The van der Waals surface area contributed by atoms with E-state index in [9.17, 15) is 64.5 Å². The molecular formula is C44H43F3N4O14. The maximum absolute atomic E-state index is 15.7. The topological polar surface area (TPSA) is 312 Å². The summed E-state index contributed by atoms with van der Waals surface area (Å²) < 4.78 is 52.6. The van der Waals surface area contributed by atoms with Gasteiger partial charge in [0.05, 0.1) is 47.3 Å². The number of fused-ring (bicyclic) bond motifs is 6. The molecule has 21 heteroatoms. The zero-order chi connectivity index (χ0) is 48.0. The molecule has 6 aliphatic carbocycles. The number of hydrogen-bond donors (Lipinski definition) is 9. The molecule has 6 aliphatic rings. The van der Waals surface area contributed by atoms with Crippen LogP contribution in [0.3, 0.4) is 0 Å². The van der Waals surface area contributed by atoms with Crippen molar-refractivity contribution in [3.05, 3.63) is 110 Å². The predicted molar refractivity (Wildman–Crippen MR) is 214 cm³/mol. The van der Waals surface area contributed by atoms with Gasteiger partial charge in [-0.1, -0.05) is 26.0 Å². The van der Waals surface area contributed by atoms with E-state index in [1.807, 2.05) is 0 Å². The number of ketones is 4. The number of aliphatic hydroxyl groups is 7. The lowest BCUT2D eigenvalue weighted by atomic mass is 9.54. The first-order chi connectivity index (χ1) is 30.3. The van der Waals surface area contributed by atoms with E-state index in [0.717, 1.165) is 29.0 Å². The number of nitrogens with two attached hydrogens (primary N) is 2. The number of benzene rings is 2. The van der Waals surface area contributed by atoms with Gasteiger partial charge in [-0.2, -0.15) is 0 Å². The van der Waals surface area contributed by atoms with Crippen molar-refractivity contribution in [3.63, 3.8) is 0 Å². The molecule has 1 fully saturated rings. The van der Waals surface area contributed by atoms with E-state index in [2.05, 4.69) is 0 Å². The van der Waals surface area contributed by atoms with Crippen LogP contribution in [-0.4, -0.2) is 144 Å². The number of ether oxygens (including phenoxy) is 1. The first kappa shape index (κ1) is 45.3. The van der Waals surface area contributed by atoms with Crippen LogP contribution in [0.1, 0.15) is 52.7 Å². The van der Waals surface area contributed by atoms with Crippen molar-refractivity contribution in [1.29, 1.82) is 0 Å². The second-order valence-corrected chi connectivity index (χ2v) is 17.7. The third kappa shape index (κ3) is 5.69. The Morgan fingerprint density at radius 3 is 1.80 bits per heavy atom. The van der Waals surface area contributed by atoms with Crippen molar-refractivity contribution in [2.24, 2.45) is 35.1 Å². The zero-order valence-corrected chi connectivity index (χ0v) is 35.0. The number of halogens is 3. The largest absolute Gasteiger partial charge is 0.508 e. The lowest BCUT2D eigenvalue weighted by Crippen LogP contribution is -2.71. The van der Waals surface area contributed by atoms with Gasteiger partial charge in [-0.3, -0.25) is 38.6 Å². The van der Waals surface area contributed by atoms with Gasteiger partial charge in [-0.05, 0) is 56.7 Å². The molecule has 1 saturated carbocycles. The van der Waals surface area contributed by atoms with Gasteiger partial charge in [0.1, 0.15) is 58.4 Å². The molecular weight excluding hydrogens is 865 g/mol. The Kier molecular flexibility index (Phi) is 10.4. The number of carbonyl (C=O) groups excluding carboxylic acids is 6. The molecule has 0 aromatic heterocycles. The number of primary amides is 2. The molecule has 12 unspecified atom stereocenters. The van der Waals surface area contributed by atoms with Crippen LogP contribution in [0.25, 0.3) is 5.76 Å². The van der Waals surface area contributed by atoms with Gasteiger partial charge >= 0.3 is 0 Å². The van der Waals surface area contributed by atoms with Crippen LogP contribution in [0.4, 0.5) is 13.2 Å². The monoisotopic (exact) mass is 908 g/mol. The Morgan fingerprint density at radius 1 is 0.723 bits per heavy atom. The van der Waals surface area contributed by atoms with Gasteiger partial charge in [0, 0.05) is 28.5 Å². The van der Waals surface area contributed by atoms with Crippen LogP contribution in [0.15, 0.2) is 69.9 Å². The molecule has 12 atom stereocenters. The molecule has 65 heavy (non-hydrogen) atoms. The highest BCUT2D eigenvalue weighted by Gasteiger charge is 2.70. The number of carbonyl (C=O) groups is 6. The molecule has 0 radical (unpaired) electrons. The Hall–Kier alpha value is -6.23. The van der Waals surface area contributed by atoms with Crippen molar-refractivity contribution < 1.29 is 82.4 Å². The average molecular weight is 909 g/mol. The van der Waals surface area contributed by atoms with Gasteiger partial charge in [0.15, 0.2) is 28.6 Å². The van der Waals surface area contributed by atoms with Crippen LogP contribution in [-0.2, 0) is 28.7 Å². The predicted octanol–water partition coefficient (Wildman–Crippen LogP) is -0.0458. The van der Waals surface area contributed by atoms with E-state index in [1.54, 1.807) is 0 Å². The summed E-state index contributed by atoms with van der Waals surface area (Å²) in [6.45, 7) is 1.61. The highest BCUT2D eigenvalue weighted by molar-refractivity contribution is 6.25. The molecule has 344 valence electrons. The number of nitrogens with zero attached hydrogens (tertiary/aromatic N) is 2. The van der Waals surface area contributed by atoms with Gasteiger partial charge in [0.25, 0.3) is 11.8 Å². The third-order valence-electron chi connectivity index (χ3n) is 14.3. The SMILES string of the molecule is CC1c2c(F)ccc(F)c2C(=O)C2=C(OCN(C)C3C(=O)C(C(N)=O)=C(O)C4(O)C(=O)C5=C(O)c6c(F)cccc6C(C)C5C(O)C34)C3(O)C(O)=C(C(N)=O)C(=O)C(N(C)C)C3C(O)C21. The first-order valence-corrected chi connectivity index (χ1v) is 20.2. The van der Waals surface area contributed by atoms with Gasteiger partial charge in [-0.25, -0.2) is 13.2 Å². The highest BCUT2D eigenvalue weighted by atomic mass is 19.1. The number of rotatable bonds is 7. The maximum atomic E-state index is 15.7. The molecule has 2 aromatic carbocycles. The maximum Gasteiger partial charge on any atom is 0.255 e. The number of Topliss-reactive ketones (excluding diaryl/α,β-unsaturated/α-hetero) is 4. The number of amides is 2. The molecule has 0 spiro atoms. The standard InChI is InChI=1S/C44H43F3N4O14/c1-12-14-7-6-8-15(45)21(14)31(52)23-19(12)33(54)28-30(36(57)26(42(49)62)38(59)43(28,63)37(23)58)51(5)11-65-40-24-20(13(2)18-16(46)9-10-17(47)22(18)32(24)53)34(55)27-29(50(3)4)35(56)25(41(48)61)39(60)44(27,40)64/h6-10,12-13,19-20,27-30,33-34,52,54-55,59-60,63-64H,11H2,1-5H3,(H2,48,61)(H2,49,62). The van der Waals surface area contributed by atoms with Crippen LogP contribution in [0.2, 0.25) is 0 Å². The second-order valence-electron chi connectivity index (χ2n) is 17.7. The molecule has 0 heterocycles. The Balaban J connectivity index is 1.32. The average Bonchev–Trinajstić information content (AvgIpc) is 3.22. The van der Waals surface area contributed by atoms with Gasteiger partial charge < -0.3 is 51.9 Å². The highest BCUT2D eigenvalue weighted by Crippen LogP contribution is 2.58. The fourth-order valence-corrected chi connectivity index (χ4v) is 11.5. The Morgan fingerprint density at radius 2 is 1.23 bits per heavy atom. The van der Waals surface area contributed by atoms with Crippen molar-refractivity contribution in [2.45, 2.75) is 61.2 Å². The lowest BCUT2D eigenvalue weighted by molar-refractivity contribution is -0.176. The van der Waals surface area contributed by atoms with Crippen molar-refractivity contribution in [2.75, 3.05) is 27.9 Å². The molecule has 0 bridgehead atoms. The van der Waals surface area contributed by atoms with Crippen LogP contribution in [0, 0.1) is 41.1 Å². The van der Waals surface area contributed by atoms with E-state index < -0.39 is 192 Å². The summed E-state index contributed by atoms with van der Waals surface area (Å²) in [7, 11) is 3.66. The second kappa shape index (κ2) is 14.9. The third-order valence-corrected chi connectivity index (χ3v) is 14.3. The number of likely N-dealkylation sites (N-methyl/N-ethyl adjacent to an activating group) is 2. The summed E-state index contributed by atoms with van der Waals surface area (Å²) in [4.78, 5) is 85.1. The van der Waals surface area contributed by atoms with E-state index in [0.29, 0.717) is 6.07 Å². The number of aliphatic hydroxyl groups excluding tert-OH is 5. The minimum absolute atomic E-state index is 0.112. The molecule has 2 aromatic rings. The van der Waals surface area contributed by atoms with Gasteiger partial charge in [0.2, 0.25) is 5.78 Å². The van der Waals surface area contributed by atoms with Crippen LogP contribution < -0.4 is 11.5 Å². The normalized spacial score (nSPS) is 34.3. The van der Waals surface area contributed by atoms with Crippen molar-refractivity contribution in [1.82, 2.24) is 9.80 Å². The van der Waals surface area contributed by atoms with Crippen LogP contribution >= 0.6 is 0 Å². The van der Waals surface area contributed by atoms with Crippen molar-refractivity contribution in [3.8, 4) is 0 Å². The van der Waals surface area contributed by atoms with E-state index >= 15 is 13.2 Å². The quantitative estimate of drug-likeness (QED) is 0.130. The lowest BCUT2D eigenvalue weighted by Gasteiger charge is -2.55. The Labute approximate surface area is 366 Å². The Bertz CT molecular complexity index is 2730. The van der Waals surface area contributed by atoms with Gasteiger partial charge in [-0.15, -0.1) is 0 Å². The molecule has 8 rings (SSSR count). The summed E-state index contributed by atoms with van der Waals surface area (Å²) >= 11 is 0. The smallest absolute Gasteiger partial charge is 0.255 e. The summed E-state index contributed by atoms with van der Waals surface area (Å²) in [6.07, 6.45) is -4.20. The molecule has 11 N–H and O–H groups in total. The minimum atomic E-state index is -3.45. The van der Waals surface area contributed by atoms with Crippen LogP contribution in [0.5, 0.6) is 0 Å². The number of hydrogen-bond acceptors (Lipinski definition) is 16. The minimum Gasteiger partial charge on any atom is -0.508 e. The fourth-order valence-electron chi connectivity index (χ4n) is 11.5. The van der Waals surface area contributed by atoms with E-state index in [-0.39, 0.29) is 5.56 Å². The van der Waals surface area contributed by atoms with E-state index in [4.69, 9.17) is 16.2 Å².